The van der Waals surface area contributed by atoms with Crippen LogP contribution in [-0.4, -0.2) is 22.8 Å². The maximum absolute atomic E-state index is 11.4. The number of hydrogen-bond donors (Lipinski definition) is 2. The molecule has 96 valence electrons. The third-order valence-electron chi connectivity index (χ3n) is 2.19. The number of nitrogens with zero attached hydrogens (tertiary/aromatic N) is 2. The highest BCUT2D eigenvalue weighted by molar-refractivity contribution is 5.88. The molecular weight excluding hydrogens is 228 g/mol. The number of aromatic nitrogens is 2. The summed E-state index contributed by atoms with van der Waals surface area (Å²) in [7, 11) is 0. The Balaban J connectivity index is 2.58. The Morgan fingerprint density at radius 1 is 1.33 bits per heavy atom. The SMILES string of the molecule is CC#CCNC(=O)Nc1ccc(C(C)(C)C)nn1. The number of urea groups is 1. The Morgan fingerprint density at radius 2 is 2.06 bits per heavy atom. The van der Waals surface area contributed by atoms with Gasteiger partial charge in [0.05, 0.1) is 12.2 Å². The van der Waals surface area contributed by atoms with Gasteiger partial charge in [0.2, 0.25) is 0 Å². The summed E-state index contributed by atoms with van der Waals surface area (Å²) < 4.78 is 0. The Kier molecular flexibility index (Phi) is 4.67. The van der Waals surface area contributed by atoms with Crippen LogP contribution in [0.3, 0.4) is 0 Å². The van der Waals surface area contributed by atoms with Crippen molar-refractivity contribution in [1.82, 2.24) is 15.5 Å². The van der Waals surface area contributed by atoms with Crippen LogP contribution in [-0.2, 0) is 5.41 Å². The molecule has 0 aromatic carbocycles. The lowest BCUT2D eigenvalue weighted by Crippen LogP contribution is -2.29. The van der Waals surface area contributed by atoms with E-state index in [0.29, 0.717) is 12.4 Å². The molecule has 2 amide bonds. The summed E-state index contributed by atoms with van der Waals surface area (Å²) in [4.78, 5) is 11.4. The van der Waals surface area contributed by atoms with E-state index in [9.17, 15) is 4.79 Å². The minimum absolute atomic E-state index is 0.0511. The van der Waals surface area contributed by atoms with Crippen LogP contribution in [0, 0.1) is 11.8 Å². The maximum Gasteiger partial charge on any atom is 0.321 e. The summed E-state index contributed by atoms with van der Waals surface area (Å²) in [5.41, 5.74) is 0.829. The van der Waals surface area contributed by atoms with Gasteiger partial charge >= 0.3 is 6.03 Å². The summed E-state index contributed by atoms with van der Waals surface area (Å²) in [6, 6.07) is 3.25. The first-order chi connectivity index (χ1) is 8.43. The Bertz CT molecular complexity index is 462. The van der Waals surface area contributed by atoms with Crippen molar-refractivity contribution in [1.29, 1.82) is 0 Å². The summed E-state index contributed by atoms with van der Waals surface area (Å²) in [5.74, 6) is 5.85. The number of hydrogen-bond acceptors (Lipinski definition) is 3. The molecular formula is C13H18N4O. The van der Waals surface area contributed by atoms with Crippen molar-refractivity contribution >= 4 is 11.8 Å². The Hall–Kier alpha value is -2.09. The monoisotopic (exact) mass is 246 g/mol. The number of carbonyl (C=O) groups is 1. The van der Waals surface area contributed by atoms with E-state index in [0.717, 1.165) is 5.69 Å². The zero-order valence-electron chi connectivity index (χ0n) is 11.2. The van der Waals surface area contributed by atoms with Gasteiger partial charge in [-0.25, -0.2) is 4.79 Å². The summed E-state index contributed by atoms with van der Waals surface area (Å²) in [5, 5.41) is 13.2. The van der Waals surface area contributed by atoms with E-state index in [2.05, 4.69) is 53.4 Å². The molecule has 0 spiro atoms. The van der Waals surface area contributed by atoms with Gasteiger partial charge in [0, 0.05) is 5.41 Å². The van der Waals surface area contributed by atoms with Crippen LogP contribution in [0.25, 0.3) is 0 Å². The van der Waals surface area contributed by atoms with Gasteiger partial charge in [-0.15, -0.1) is 11.0 Å². The zero-order chi connectivity index (χ0) is 13.6. The third-order valence-corrected chi connectivity index (χ3v) is 2.19. The molecule has 0 aliphatic rings. The minimum atomic E-state index is -0.337. The smallest absolute Gasteiger partial charge is 0.321 e. The second-order valence-electron chi connectivity index (χ2n) is 4.79. The normalized spacial score (nSPS) is 10.2. The first-order valence-electron chi connectivity index (χ1n) is 5.72. The van der Waals surface area contributed by atoms with Gasteiger partial charge in [0.15, 0.2) is 5.82 Å². The molecule has 0 saturated heterocycles. The molecule has 0 unspecified atom stereocenters. The Labute approximate surface area is 107 Å². The third kappa shape index (κ3) is 4.42. The van der Waals surface area contributed by atoms with Crippen LogP contribution >= 0.6 is 0 Å². The van der Waals surface area contributed by atoms with E-state index in [-0.39, 0.29) is 11.4 Å². The average molecular weight is 246 g/mol. The fourth-order valence-electron chi connectivity index (χ4n) is 1.17. The van der Waals surface area contributed by atoms with Crippen LogP contribution in [0.1, 0.15) is 33.4 Å². The lowest BCUT2D eigenvalue weighted by molar-refractivity contribution is 0.253. The van der Waals surface area contributed by atoms with E-state index in [1.165, 1.54) is 0 Å². The molecule has 5 heteroatoms. The van der Waals surface area contributed by atoms with Crippen LogP contribution in [0.5, 0.6) is 0 Å². The number of carbonyl (C=O) groups excluding carboxylic acids is 1. The van der Waals surface area contributed by atoms with Gasteiger partial charge in [0.25, 0.3) is 0 Å². The molecule has 1 rings (SSSR count). The number of rotatable bonds is 2. The average Bonchev–Trinajstić information content (AvgIpc) is 2.29. The van der Waals surface area contributed by atoms with Crippen LogP contribution in [0.4, 0.5) is 10.6 Å². The van der Waals surface area contributed by atoms with E-state index < -0.39 is 0 Å². The van der Waals surface area contributed by atoms with Gasteiger partial charge in [-0.2, -0.15) is 5.10 Å². The summed E-state index contributed by atoms with van der Waals surface area (Å²) in [6.45, 7) is 8.20. The fraction of sp³-hybridized carbons (Fsp3) is 0.462. The zero-order valence-corrected chi connectivity index (χ0v) is 11.2. The lowest BCUT2D eigenvalue weighted by atomic mass is 9.92. The first-order valence-corrected chi connectivity index (χ1v) is 5.72. The van der Waals surface area contributed by atoms with E-state index in [1.54, 1.807) is 13.0 Å². The van der Waals surface area contributed by atoms with Gasteiger partial charge in [-0.1, -0.05) is 26.7 Å². The molecule has 1 aromatic heterocycles. The van der Waals surface area contributed by atoms with Gasteiger partial charge in [0.1, 0.15) is 0 Å². The number of nitrogens with one attached hydrogen (secondary N) is 2. The van der Waals surface area contributed by atoms with E-state index >= 15 is 0 Å². The van der Waals surface area contributed by atoms with Crippen molar-refractivity contribution in [2.45, 2.75) is 33.1 Å². The number of amides is 2. The summed E-state index contributed by atoms with van der Waals surface area (Å²) >= 11 is 0. The van der Waals surface area contributed by atoms with Crippen LogP contribution < -0.4 is 10.6 Å². The van der Waals surface area contributed by atoms with Gasteiger partial charge in [-0.3, -0.25) is 5.32 Å². The van der Waals surface area contributed by atoms with Crippen molar-refractivity contribution in [2.75, 3.05) is 11.9 Å². The molecule has 1 heterocycles. The van der Waals surface area contributed by atoms with Gasteiger partial charge < -0.3 is 5.32 Å². The molecule has 0 saturated carbocycles. The molecule has 0 bridgehead atoms. The van der Waals surface area contributed by atoms with Crippen molar-refractivity contribution < 1.29 is 4.79 Å². The van der Waals surface area contributed by atoms with Crippen molar-refractivity contribution in [3.05, 3.63) is 17.8 Å². The molecule has 0 fully saturated rings. The van der Waals surface area contributed by atoms with Crippen LogP contribution in [0.2, 0.25) is 0 Å². The molecule has 0 atom stereocenters. The quantitative estimate of drug-likeness (QED) is 0.783. The van der Waals surface area contributed by atoms with Crippen molar-refractivity contribution in [2.24, 2.45) is 0 Å². The molecule has 0 aliphatic heterocycles. The maximum atomic E-state index is 11.4. The molecule has 0 aliphatic carbocycles. The molecule has 1 aromatic rings. The lowest BCUT2D eigenvalue weighted by Gasteiger charge is -2.16. The first kappa shape index (κ1) is 14.0. The number of anilines is 1. The molecule has 5 nitrogen and oxygen atoms in total. The molecule has 2 N–H and O–H groups in total. The van der Waals surface area contributed by atoms with Crippen LogP contribution in [0.15, 0.2) is 12.1 Å². The summed E-state index contributed by atoms with van der Waals surface area (Å²) in [6.07, 6.45) is 0. The highest BCUT2D eigenvalue weighted by Crippen LogP contribution is 2.19. The predicted molar refractivity (Wildman–Crippen MR) is 71.2 cm³/mol. The molecule has 0 radical (unpaired) electrons. The fourth-order valence-corrected chi connectivity index (χ4v) is 1.17. The van der Waals surface area contributed by atoms with E-state index in [1.807, 2.05) is 6.07 Å². The standard InChI is InChI=1S/C13H18N4O/c1-5-6-9-14-12(18)15-11-8-7-10(16-17-11)13(2,3)4/h7-8H,9H2,1-4H3,(H2,14,15,17,18). The predicted octanol–water partition coefficient (Wildman–Crippen LogP) is 1.92. The minimum Gasteiger partial charge on any atom is -0.327 e. The second kappa shape index (κ2) is 6.01. The van der Waals surface area contributed by atoms with Crippen molar-refractivity contribution in [3.63, 3.8) is 0 Å². The van der Waals surface area contributed by atoms with Crippen molar-refractivity contribution in [3.8, 4) is 11.8 Å². The molecule has 18 heavy (non-hydrogen) atoms. The topological polar surface area (TPSA) is 66.9 Å². The Morgan fingerprint density at radius 3 is 2.56 bits per heavy atom. The largest absolute Gasteiger partial charge is 0.327 e. The second-order valence-corrected chi connectivity index (χ2v) is 4.79. The highest BCUT2D eigenvalue weighted by atomic mass is 16.2. The highest BCUT2D eigenvalue weighted by Gasteiger charge is 2.15. The van der Waals surface area contributed by atoms with E-state index in [4.69, 9.17) is 0 Å². The van der Waals surface area contributed by atoms with Gasteiger partial charge in [-0.05, 0) is 19.1 Å².